The second-order valence-electron chi connectivity index (χ2n) is 6.34. The van der Waals surface area contributed by atoms with Gasteiger partial charge in [-0.3, -0.25) is 0 Å². The molecule has 0 aliphatic heterocycles. The van der Waals surface area contributed by atoms with Crippen molar-refractivity contribution in [2.75, 3.05) is 23.9 Å². The first-order chi connectivity index (χ1) is 10.2. The molecule has 0 saturated heterocycles. The number of nitrogens with zero attached hydrogens (tertiary/aromatic N) is 2. The smallest absolute Gasteiger partial charge is 0.148 e. The summed E-state index contributed by atoms with van der Waals surface area (Å²) in [4.78, 5) is 9.17. The predicted molar refractivity (Wildman–Crippen MR) is 83.0 cm³/mol. The molecule has 0 aromatic carbocycles. The van der Waals surface area contributed by atoms with Crippen molar-refractivity contribution >= 4 is 11.6 Å². The highest BCUT2D eigenvalue weighted by Crippen LogP contribution is 2.39. The van der Waals surface area contributed by atoms with Gasteiger partial charge in [-0.2, -0.15) is 0 Å². The molecule has 0 spiro atoms. The molecule has 2 fully saturated rings. The standard InChI is InChI=1S/C15H25N5O/c1-9-13(17-7-11-3-2-4-12(11)8-21)18-15(10-5-6-10)19-14(9)20-16/h10-12,21H,2-8,16H2,1H3,(H2,17,18,19,20). The van der Waals surface area contributed by atoms with Gasteiger partial charge in [-0.15, -0.1) is 0 Å². The maximum atomic E-state index is 9.42. The van der Waals surface area contributed by atoms with Crippen LogP contribution in [0.15, 0.2) is 0 Å². The molecule has 0 radical (unpaired) electrons. The third-order valence-corrected chi connectivity index (χ3v) is 4.83. The Hall–Kier alpha value is -1.40. The Morgan fingerprint density at radius 2 is 1.86 bits per heavy atom. The quantitative estimate of drug-likeness (QED) is 0.471. The molecule has 21 heavy (non-hydrogen) atoms. The third kappa shape index (κ3) is 3.11. The zero-order chi connectivity index (χ0) is 14.8. The number of hydrogen-bond acceptors (Lipinski definition) is 6. The number of anilines is 2. The second kappa shape index (κ2) is 6.15. The minimum absolute atomic E-state index is 0.290. The molecule has 6 heteroatoms. The first-order valence-corrected chi connectivity index (χ1v) is 7.92. The van der Waals surface area contributed by atoms with E-state index in [-0.39, 0.29) is 6.61 Å². The lowest BCUT2D eigenvalue weighted by molar-refractivity contribution is 0.199. The number of nitrogen functional groups attached to an aromatic ring is 1. The molecule has 1 heterocycles. The first-order valence-electron chi connectivity index (χ1n) is 7.92. The molecule has 2 aliphatic rings. The predicted octanol–water partition coefficient (Wildman–Crippen LogP) is 1.77. The van der Waals surface area contributed by atoms with Crippen molar-refractivity contribution in [3.05, 3.63) is 11.4 Å². The molecule has 0 amide bonds. The summed E-state index contributed by atoms with van der Waals surface area (Å²) in [6.07, 6.45) is 5.86. The van der Waals surface area contributed by atoms with Crippen LogP contribution in [0.1, 0.15) is 49.4 Å². The maximum absolute atomic E-state index is 9.42. The van der Waals surface area contributed by atoms with Crippen molar-refractivity contribution < 1.29 is 5.11 Å². The number of nitrogens with two attached hydrogens (primary N) is 1. The Morgan fingerprint density at radius 3 is 2.52 bits per heavy atom. The number of aromatic nitrogens is 2. The SMILES string of the molecule is Cc1c(NN)nc(C2CC2)nc1NCC1CCCC1CO. The molecule has 3 rings (SSSR count). The van der Waals surface area contributed by atoms with Gasteiger partial charge in [0.1, 0.15) is 17.5 Å². The fourth-order valence-corrected chi connectivity index (χ4v) is 3.22. The van der Waals surface area contributed by atoms with E-state index in [4.69, 9.17) is 5.84 Å². The Labute approximate surface area is 125 Å². The summed E-state index contributed by atoms with van der Waals surface area (Å²) in [5.74, 6) is 9.50. The van der Waals surface area contributed by atoms with E-state index >= 15 is 0 Å². The van der Waals surface area contributed by atoms with Crippen LogP contribution in [0.2, 0.25) is 0 Å². The highest BCUT2D eigenvalue weighted by Gasteiger charge is 2.29. The van der Waals surface area contributed by atoms with Crippen LogP contribution in [-0.2, 0) is 0 Å². The molecule has 2 unspecified atom stereocenters. The molecule has 2 saturated carbocycles. The van der Waals surface area contributed by atoms with Crippen molar-refractivity contribution in [1.29, 1.82) is 0 Å². The molecular weight excluding hydrogens is 266 g/mol. The van der Waals surface area contributed by atoms with Crippen LogP contribution in [-0.4, -0.2) is 28.2 Å². The summed E-state index contributed by atoms with van der Waals surface area (Å²) >= 11 is 0. The van der Waals surface area contributed by atoms with Crippen LogP contribution in [0.5, 0.6) is 0 Å². The zero-order valence-electron chi connectivity index (χ0n) is 12.6. The monoisotopic (exact) mass is 291 g/mol. The zero-order valence-corrected chi connectivity index (χ0v) is 12.6. The summed E-state index contributed by atoms with van der Waals surface area (Å²) in [5.41, 5.74) is 3.63. The van der Waals surface area contributed by atoms with Crippen LogP contribution >= 0.6 is 0 Å². The largest absolute Gasteiger partial charge is 0.396 e. The fraction of sp³-hybridized carbons (Fsp3) is 0.733. The van der Waals surface area contributed by atoms with Gasteiger partial charge in [-0.05, 0) is 44.4 Å². The number of aliphatic hydroxyl groups is 1. The minimum Gasteiger partial charge on any atom is -0.396 e. The van der Waals surface area contributed by atoms with Gasteiger partial charge in [0, 0.05) is 24.6 Å². The minimum atomic E-state index is 0.290. The number of aliphatic hydroxyl groups excluding tert-OH is 1. The molecule has 2 aliphatic carbocycles. The molecule has 1 aromatic heterocycles. The van der Waals surface area contributed by atoms with Gasteiger partial charge in [0.05, 0.1) is 0 Å². The van der Waals surface area contributed by atoms with Crippen molar-refractivity contribution in [1.82, 2.24) is 9.97 Å². The summed E-state index contributed by atoms with van der Waals surface area (Å²) in [7, 11) is 0. The maximum Gasteiger partial charge on any atom is 0.148 e. The third-order valence-electron chi connectivity index (χ3n) is 4.83. The Bertz CT molecular complexity index is 503. The van der Waals surface area contributed by atoms with E-state index in [1.54, 1.807) is 0 Å². The lowest BCUT2D eigenvalue weighted by Gasteiger charge is -2.20. The number of rotatable bonds is 6. The van der Waals surface area contributed by atoms with Crippen LogP contribution in [0, 0.1) is 18.8 Å². The topological polar surface area (TPSA) is 96.1 Å². The summed E-state index contributed by atoms with van der Waals surface area (Å²) in [6, 6.07) is 0. The number of nitrogens with one attached hydrogen (secondary N) is 2. The molecule has 1 aromatic rings. The number of hydrogen-bond donors (Lipinski definition) is 4. The van der Waals surface area contributed by atoms with Gasteiger partial charge in [-0.25, -0.2) is 15.8 Å². The molecule has 0 bridgehead atoms. The van der Waals surface area contributed by atoms with E-state index < -0.39 is 0 Å². The van der Waals surface area contributed by atoms with E-state index in [0.29, 0.717) is 23.6 Å². The van der Waals surface area contributed by atoms with Gasteiger partial charge in [0.25, 0.3) is 0 Å². The van der Waals surface area contributed by atoms with Crippen LogP contribution in [0.25, 0.3) is 0 Å². The van der Waals surface area contributed by atoms with E-state index in [0.717, 1.165) is 30.2 Å². The van der Waals surface area contributed by atoms with Gasteiger partial charge >= 0.3 is 0 Å². The van der Waals surface area contributed by atoms with Crippen molar-refractivity contribution in [3.63, 3.8) is 0 Å². The van der Waals surface area contributed by atoms with Crippen molar-refractivity contribution in [2.24, 2.45) is 17.7 Å². The van der Waals surface area contributed by atoms with E-state index in [2.05, 4.69) is 20.7 Å². The van der Waals surface area contributed by atoms with Gasteiger partial charge in [0.2, 0.25) is 0 Å². The van der Waals surface area contributed by atoms with Gasteiger partial charge < -0.3 is 15.8 Å². The molecule has 6 nitrogen and oxygen atoms in total. The van der Waals surface area contributed by atoms with Gasteiger partial charge in [0.15, 0.2) is 0 Å². The summed E-state index contributed by atoms with van der Waals surface area (Å²) in [5, 5.41) is 12.9. The van der Waals surface area contributed by atoms with E-state index in [9.17, 15) is 5.11 Å². The molecule has 5 N–H and O–H groups in total. The van der Waals surface area contributed by atoms with Crippen molar-refractivity contribution in [2.45, 2.75) is 44.9 Å². The lowest BCUT2D eigenvalue weighted by Crippen LogP contribution is -2.22. The summed E-state index contributed by atoms with van der Waals surface area (Å²) in [6.45, 7) is 3.13. The fourth-order valence-electron chi connectivity index (χ4n) is 3.22. The van der Waals surface area contributed by atoms with E-state index in [1.165, 1.54) is 25.7 Å². The first kappa shape index (κ1) is 14.5. The Kier molecular flexibility index (Phi) is 4.26. The lowest BCUT2D eigenvalue weighted by atomic mass is 9.97. The summed E-state index contributed by atoms with van der Waals surface area (Å²) < 4.78 is 0. The highest BCUT2D eigenvalue weighted by atomic mass is 16.3. The van der Waals surface area contributed by atoms with Crippen LogP contribution in [0.4, 0.5) is 11.6 Å². The average Bonchev–Trinajstić information content (AvgIpc) is 3.25. The average molecular weight is 291 g/mol. The molecule has 116 valence electrons. The normalized spacial score (nSPS) is 25.1. The van der Waals surface area contributed by atoms with Crippen molar-refractivity contribution in [3.8, 4) is 0 Å². The molecular formula is C15H25N5O. The highest BCUT2D eigenvalue weighted by molar-refractivity contribution is 5.57. The second-order valence-corrected chi connectivity index (χ2v) is 6.34. The Balaban J connectivity index is 1.73. The number of hydrazine groups is 1. The van der Waals surface area contributed by atoms with Crippen LogP contribution < -0.4 is 16.6 Å². The molecule has 2 atom stereocenters. The Morgan fingerprint density at radius 1 is 1.14 bits per heavy atom. The van der Waals surface area contributed by atoms with E-state index in [1.807, 2.05) is 6.92 Å². The van der Waals surface area contributed by atoms with Gasteiger partial charge in [-0.1, -0.05) is 6.42 Å². The van der Waals surface area contributed by atoms with Crippen LogP contribution in [0.3, 0.4) is 0 Å².